The Morgan fingerprint density at radius 2 is 1.42 bits per heavy atom. The molecule has 9 nitrogen and oxygen atoms in total. The van der Waals surface area contributed by atoms with Gasteiger partial charge in [0.15, 0.2) is 11.5 Å². The third-order valence-corrected chi connectivity index (χ3v) is 7.90. The Bertz CT molecular complexity index is 1370. The maximum Gasteiger partial charge on any atom is 0.268 e. The highest BCUT2D eigenvalue weighted by Crippen LogP contribution is 2.38. The van der Waals surface area contributed by atoms with E-state index < -0.39 is 22.5 Å². The van der Waals surface area contributed by atoms with Crippen molar-refractivity contribution in [3.63, 3.8) is 0 Å². The number of anilines is 1. The van der Waals surface area contributed by atoms with Crippen molar-refractivity contribution in [3.8, 4) is 23.0 Å². The largest absolute Gasteiger partial charge is 0.495 e. The number of amides is 1. The second kappa shape index (κ2) is 12.3. The van der Waals surface area contributed by atoms with E-state index in [9.17, 15) is 13.2 Å². The molecule has 38 heavy (non-hydrogen) atoms. The van der Waals surface area contributed by atoms with Crippen molar-refractivity contribution >= 4 is 33.2 Å². The Hall–Kier alpha value is -3.63. The third kappa shape index (κ3) is 6.25. The van der Waals surface area contributed by atoms with Crippen LogP contribution in [-0.2, 0) is 21.4 Å². The second-order valence-electron chi connectivity index (χ2n) is 8.43. The number of likely N-dealkylation sites (N-methyl/N-ethyl adjacent to an activating group) is 1. The van der Waals surface area contributed by atoms with Crippen LogP contribution >= 0.6 is 11.6 Å². The van der Waals surface area contributed by atoms with Gasteiger partial charge in [0, 0.05) is 18.6 Å². The van der Waals surface area contributed by atoms with E-state index >= 15 is 0 Å². The molecule has 3 rings (SSSR count). The molecular formula is C27H31ClN2O7S. The summed E-state index contributed by atoms with van der Waals surface area (Å²) in [6.45, 7) is 1.49. The number of sulfonamides is 1. The van der Waals surface area contributed by atoms with Crippen LogP contribution in [-0.4, -0.2) is 61.3 Å². The van der Waals surface area contributed by atoms with Crippen LogP contribution in [0.15, 0.2) is 59.5 Å². The van der Waals surface area contributed by atoms with Crippen molar-refractivity contribution < 1.29 is 32.2 Å². The van der Waals surface area contributed by atoms with E-state index in [-0.39, 0.29) is 22.9 Å². The van der Waals surface area contributed by atoms with E-state index in [2.05, 4.69) is 0 Å². The number of carbonyl (C=O) groups excluding carboxylic acids is 1. The average Bonchev–Trinajstić information content (AvgIpc) is 2.91. The van der Waals surface area contributed by atoms with E-state index in [0.717, 1.165) is 9.87 Å². The van der Waals surface area contributed by atoms with Crippen molar-refractivity contribution in [1.82, 2.24) is 4.90 Å². The van der Waals surface area contributed by atoms with E-state index in [4.69, 9.17) is 30.5 Å². The van der Waals surface area contributed by atoms with Gasteiger partial charge >= 0.3 is 0 Å². The number of methoxy groups -OCH3 is 4. The summed E-state index contributed by atoms with van der Waals surface area (Å²) in [5, 5.41) is 0.435. The van der Waals surface area contributed by atoms with Gasteiger partial charge in [-0.1, -0.05) is 17.7 Å². The van der Waals surface area contributed by atoms with Crippen LogP contribution in [0.25, 0.3) is 0 Å². The normalized spacial score (nSPS) is 11.0. The number of hydrogen-bond donors (Lipinski definition) is 0. The molecular weight excluding hydrogens is 532 g/mol. The Balaban J connectivity index is 1.97. The van der Waals surface area contributed by atoms with Gasteiger partial charge in [-0.05, 0) is 66.6 Å². The van der Waals surface area contributed by atoms with Crippen molar-refractivity contribution in [2.24, 2.45) is 0 Å². The SMILES string of the molecule is COc1ccc(C)cc1S(=O)(=O)N(CC(=O)N(C)Cc1cc(OC)c(OC)c(OC)c1)c1ccc(Cl)cc1. The summed E-state index contributed by atoms with van der Waals surface area (Å²) < 4.78 is 50.3. The van der Waals surface area contributed by atoms with Crippen molar-refractivity contribution in [2.75, 3.05) is 46.3 Å². The van der Waals surface area contributed by atoms with Crippen molar-refractivity contribution in [3.05, 3.63) is 70.7 Å². The quantitative estimate of drug-likeness (QED) is 0.339. The molecule has 1 amide bonds. The van der Waals surface area contributed by atoms with Gasteiger partial charge in [-0.2, -0.15) is 0 Å². The molecule has 3 aromatic rings. The molecule has 0 aliphatic carbocycles. The predicted octanol–water partition coefficient (Wildman–Crippen LogP) is 4.54. The first-order valence-corrected chi connectivity index (χ1v) is 13.3. The molecule has 0 saturated heterocycles. The standard InChI is InChI=1S/C27H31ClN2O7S/c1-18-7-12-22(34-3)25(13-18)38(32,33)30(21-10-8-20(28)9-11-21)17-26(31)29(2)16-19-14-23(35-4)27(37-6)24(15-19)36-5/h7-15H,16-17H2,1-6H3. The van der Waals surface area contributed by atoms with Crippen LogP contribution in [0.2, 0.25) is 5.02 Å². The number of rotatable bonds is 11. The molecule has 0 atom stereocenters. The van der Waals surface area contributed by atoms with Gasteiger partial charge in [-0.25, -0.2) is 8.42 Å². The summed E-state index contributed by atoms with van der Waals surface area (Å²) >= 11 is 6.04. The maximum absolute atomic E-state index is 13.9. The van der Waals surface area contributed by atoms with Gasteiger partial charge in [-0.3, -0.25) is 9.10 Å². The van der Waals surface area contributed by atoms with Crippen LogP contribution < -0.4 is 23.3 Å². The molecule has 0 unspecified atom stereocenters. The lowest BCUT2D eigenvalue weighted by molar-refractivity contribution is -0.128. The number of halogens is 1. The number of ether oxygens (including phenoxy) is 4. The summed E-state index contributed by atoms with van der Waals surface area (Å²) in [6, 6.07) is 14.5. The zero-order valence-electron chi connectivity index (χ0n) is 22.1. The van der Waals surface area contributed by atoms with Gasteiger partial charge in [0.2, 0.25) is 11.7 Å². The lowest BCUT2D eigenvalue weighted by Crippen LogP contribution is -2.41. The van der Waals surface area contributed by atoms with Gasteiger partial charge in [0.1, 0.15) is 17.2 Å². The third-order valence-electron chi connectivity index (χ3n) is 5.85. The molecule has 0 aliphatic heterocycles. The van der Waals surface area contributed by atoms with Crippen molar-refractivity contribution in [2.45, 2.75) is 18.4 Å². The van der Waals surface area contributed by atoms with E-state index in [1.54, 1.807) is 62.5 Å². The van der Waals surface area contributed by atoms with Crippen LogP contribution in [0, 0.1) is 6.92 Å². The van der Waals surface area contributed by atoms with Gasteiger partial charge in [0.25, 0.3) is 10.0 Å². The monoisotopic (exact) mass is 562 g/mol. The van der Waals surface area contributed by atoms with E-state index in [1.807, 2.05) is 0 Å². The molecule has 0 N–H and O–H groups in total. The van der Waals surface area contributed by atoms with Crippen molar-refractivity contribution in [1.29, 1.82) is 0 Å². The lowest BCUT2D eigenvalue weighted by Gasteiger charge is -2.27. The highest BCUT2D eigenvalue weighted by atomic mass is 35.5. The minimum atomic E-state index is -4.20. The number of carbonyl (C=O) groups is 1. The first-order chi connectivity index (χ1) is 18.0. The first kappa shape index (κ1) is 28.9. The molecule has 11 heteroatoms. The average molecular weight is 563 g/mol. The predicted molar refractivity (Wildman–Crippen MR) is 146 cm³/mol. The Morgan fingerprint density at radius 3 is 1.95 bits per heavy atom. The highest BCUT2D eigenvalue weighted by molar-refractivity contribution is 7.93. The van der Waals surface area contributed by atoms with Crippen LogP contribution in [0.4, 0.5) is 5.69 Å². The first-order valence-electron chi connectivity index (χ1n) is 11.5. The zero-order valence-corrected chi connectivity index (χ0v) is 23.7. The number of aryl methyl sites for hydroxylation is 1. The molecule has 0 aliphatic rings. The summed E-state index contributed by atoms with van der Waals surface area (Å²) in [5.41, 5.74) is 1.72. The molecule has 0 fully saturated rings. The smallest absolute Gasteiger partial charge is 0.268 e. The molecule has 0 radical (unpaired) electrons. The van der Waals surface area contributed by atoms with Gasteiger partial charge in [0.05, 0.1) is 34.1 Å². The molecule has 0 heterocycles. The van der Waals surface area contributed by atoms with Crippen LogP contribution in [0.1, 0.15) is 11.1 Å². The Labute approximate surface area is 228 Å². The fourth-order valence-corrected chi connectivity index (χ4v) is 5.64. The fourth-order valence-electron chi connectivity index (χ4n) is 3.86. The van der Waals surface area contributed by atoms with E-state index in [1.165, 1.54) is 39.4 Å². The number of benzene rings is 3. The van der Waals surface area contributed by atoms with Crippen LogP contribution in [0.3, 0.4) is 0 Å². The fraction of sp³-hybridized carbons (Fsp3) is 0.296. The summed E-state index contributed by atoms with van der Waals surface area (Å²) in [5.74, 6) is 1.05. The molecule has 3 aromatic carbocycles. The maximum atomic E-state index is 13.9. The van der Waals surface area contributed by atoms with Crippen LogP contribution in [0.5, 0.6) is 23.0 Å². The highest BCUT2D eigenvalue weighted by Gasteiger charge is 2.31. The molecule has 204 valence electrons. The van der Waals surface area contributed by atoms with Gasteiger partial charge in [-0.15, -0.1) is 0 Å². The molecule has 0 bridgehead atoms. The number of hydrogen-bond acceptors (Lipinski definition) is 7. The lowest BCUT2D eigenvalue weighted by atomic mass is 10.1. The number of nitrogens with zero attached hydrogens (tertiary/aromatic N) is 2. The Morgan fingerprint density at radius 1 is 0.842 bits per heavy atom. The second-order valence-corrected chi connectivity index (χ2v) is 10.7. The van der Waals surface area contributed by atoms with Gasteiger partial charge < -0.3 is 23.8 Å². The zero-order chi connectivity index (χ0) is 28.0. The topological polar surface area (TPSA) is 94.6 Å². The minimum absolute atomic E-state index is 0.0463. The summed E-state index contributed by atoms with van der Waals surface area (Å²) in [7, 11) is 3.29. The molecule has 0 aromatic heterocycles. The summed E-state index contributed by atoms with van der Waals surface area (Å²) in [4.78, 5) is 14.8. The Kier molecular flexibility index (Phi) is 9.35. The van der Waals surface area contributed by atoms with E-state index in [0.29, 0.717) is 27.8 Å². The molecule has 0 saturated carbocycles. The molecule has 0 spiro atoms. The minimum Gasteiger partial charge on any atom is -0.495 e. The summed E-state index contributed by atoms with van der Waals surface area (Å²) in [6.07, 6.45) is 0.